The molecule has 2 rings (SSSR count). The van der Waals surface area contributed by atoms with Crippen LogP contribution in [-0.4, -0.2) is 29.0 Å². The zero-order valence-electron chi connectivity index (χ0n) is 15.1. The normalized spacial score (nSPS) is 11.7. The Morgan fingerprint density at radius 1 is 1.08 bits per heavy atom. The summed E-state index contributed by atoms with van der Waals surface area (Å²) in [4.78, 5) is 14.3. The number of hydrogen-bond acceptors (Lipinski definition) is 3. The van der Waals surface area contributed by atoms with Gasteiger partial charge < -0.3 is 15.7 Å². The third-order valence-corrected chi connectivity index (χ3v) is 3.92. The molecule has 4 nitrogen and oxygen atoms in total. The molecule has 0 bridgehead atoms. The van der Waals surface area contributed by atoms with Gasteiger partial charge in [0.15, 0.2) is 0 Å². The third kappa shape index (κ3) is 6.65. The van der Waals surface area contributed by atoms with Crippen molar-refractivity contribution < 1.29 is 14.3 Å². The molecule has 0 spiro atoms. The maximum absolute atomic E-state index is 13.0. The molecule has 0 aliphatic heterocycles. The Bertz CT molecular complexity index is 690. The van der Waals surface area contributed by atoms with Gasteiger partial charge in [0.25, 0.3) is 0 Å². The Morgan fingerprint density at radius 2 is 1.65 bits per heavy atom. The van der Waals surface area contributed by atoms with Crippen LogP contribution in [0.25, 0.3) is 0 Å². The molecule has 2 aromatic carbocycles. The van der Waals surface area contributed by atoms with Crippen molar-refractivity contribution in [1.82, 2.24) is 4.90 Å². The van der Waals surface area contributed by atoms with Crippen LogP contribution in [-0.2, 0) is 11.2 Å². The van der Waals surface area contributed by atoms with Gasteiger partial charge in [-0.15, -0.1) is 12.4 Å². The fraction of sp³-hybridized carbons (Fsp3) is 0.350. The summed E-state index contributed by atoms with van der Waals surface area (Å²) in [6.07, 6.45) is -0.599. The Balaban J connectivity index is 0.00000338. The van der Waals surface area contributed by atoms with E-state index in [1.54, 1.807) is 17.0 Å². The topological polar surface area (TPSA) is 66.6 Å². The fourth-order valence-electron chi connectivity index (χ4n) is 2.64. The molecule has 1 unspecified atom stereocenters. The van der Waals surface area contributed by atoms with Gasteiger partial charge in [-0.3, -0.25) is 4.79 Å². The number of amides is 1. The smallest absolute Gasteiger partial charge is 0.227 e. The summed E-state index contributed by atoms with van der Waals surface area (Å²) in [6.45, 7) is 4.77. The van der Waals surface area contributed by atoms with Gasteiger partial charge in [0.2, 0.25) is 5.91 Å². The van der Waals surface area contributed by atoms with Crippen LogP contribution >= 0.6 is 12.4 Å². The first-order valence-corrected chi connectivity index (χ1v) is 8.41. The monoisotopic (exact) mass is 380 g/mol. The number of rotatable bonds is 7. The highest BCUT2D eigenvalue weighted by Gasteiger charge is 2.20. The van der Waals surface area contributed by atoms with E-state index in [-0.39, 0.29) is 43.0 Å². The lowest BCUT2D eigenvalue weighted by Crippen LogP contribution is -2.38. The second-order valence-electron chi connectivity index (χ2n) is 6.68. The van der Waals surface area contributed by atoms with Gasteiger partial charge >= 0.3 is 0 Å². The molecule has 1 atom stereocenters. The van der Waals surface area contributed by atoms with E-state index < -0.39 is 6.10 Å². The largest absolute Gasteiger partial charge is 0.399 e. The maximum Gasteiger partial charge on any atom is 0.227 e. The van der Waals surface area contributed by atoms with Gasteiger partial charge in [0.1, 0.15) is 5.82 Å². The molecule has 6 heteroatoms. The number of anilines is 1. The first kappa shape index (κ1) is 21.9. The molecule has 26 heavy (non-hydrogen) atoms. The molecule has 2 aromatic rings. The van der Waals surface area contributed by atoms with E-state index >= 15 is 0 Å². The summed E-state index contributed by atoms with van der Waals surface area (Å²) < 4.78 is 13.0. The Kier molecular flexibility index (Phi) is 8.55. The van der Waals surface area contributed by atoms with E-state index in [0.29, 0.717) is 17.8 Å². The highest BCUT2D eigenvalue weighted by atomic mass is 35.5. The van der Waals surface area contributed by atoms with Crippen LogP contribution < -0.4 is 5.73 Å². The lowest BCUT2D eigenvalue weighted by Gasteiger charge is -2.27. The van der Waals surface area contributed by atoms with E-state index in [4.69, 9.17) is 5.73 Å². The summed E-state index contributed by atoms with van der Waals surface area (Å²) >= 11 is 0. The van der Waals surface area contributed by atoms with Gasteiger partial charge in [-0.05, 0) is 41.3 Å². The molecule has 0 saturated heterocycles. The molecule has 0 radical (unpaired) electrons. The standard InChI is InChI=1S/C20H25FN2O2.ClH/c1-14(2)12-23(13-19(24)16-5-7-17(21)8-6-16)20(25)11-15-3-9-18(22)10-4-15;/h3-10,14,19,24H,11-13,22H2,1-2H3;1H. The average Bonchev–Trinajstić information content (AvgIpc) is 2.56. The molecule has 0 heterocycles. The predicted octanol–water partition coefficient (Wildman–Crippen LogP) is 3.59. The Hall–Kier alpha value is -2.11. The minimum absolute atomic E-state index is 0. The maximum atomic E-state index is 13.0. The summed E-state index contributed by atoms with van der Waals surface area (Å²) in [6, 6.07) is 12.9. The van der Waals surface area contributed by atoms with Gasteiger partial charge in [-0.25, -0.2) is 4.39 Å². The number of hydrogen-bond donors (Lipinski definition) is 2. The summed E-state index contributed by atoms with van der Waals surface area (Å²) in [5.41, 5.74) is 7.80. The van der Waals surface area contributed by atoms with Crippen molar-refractivity contribution in [2.24, 2.45) is 5.92 Å². The van der Waals surface area contributed by atoms with Gasteiger partial charge in [-0.1, -0.05) is 38.1 Å². The highest BCUT2D eigenvalue weighted by Crippen LogP contribution is 2.17. The van der Waals surface area contributed by atoms with Gasteiger partial charge in [0.05, 0.1) is 19.1 Å². The summed E-state index contributed by atoms with van der Waals surface area (Å²) in [5.74, 6) is -0.134. The molecular weight excluding hydrogens is 355 g/mol. The second kappa shape index (κ2) is 10.1. The Morgan fingerprint density at radius 3 is 2.19 bits per heavy atom. The molecule has 0 aliphatic carbocycles. The van der Waals surface area contributed by atoms with Crippen LogP contribution in [0.2, 0.25) is 0 Å². The number of nitrogens with zero attached hydrogens (tertiary/aromatic N) is 1. The van der Waals surface area contributed by atoms with Crippen molar-refractivity contribution in [3.8, 4) is 0 Å². The molecule has 0 aliphatic rings. The van der Waals surface area contributed by atoms with Crippen molar-refractivity contribution in [2.75, 3.05) is 18.8 Å². The van der Waals surface area contributed by atoms with Crippen LogP contribution in [0.3, 0.4) is 0 Å². The quantitative estimate of drug-likeness (QED) is 0.721. The van der Waals surface area contributed by atoms with Crippen LogP contribution in [0.5, 0.6) is 0 Å². The molecule has 0 saturated carbocycles. The number of nitrogens with two attached hydrogens (primary N) is 1. The van der Waals surface area contributed by atoms with Crippen molar-refractivity contribution in [3.05, 3.63) is 65.5 Å². The van der Waals surface area contributed by atoms with E-state index in [0.717, 1.165) is 5.56 Å². The van der Waals surface area contributed by atoms with Crippen molar-refractivity contribution in [1.29, 1.82) is 0 Å². The molecule has 142 valence electrons. The SMILES string of the molecule is CC(C)CN(CC(O)c1ccc(F)cc1)C(=O)Cc1ccc(N)cc1.Cl. The number of carbonyl (C=O) groups is 1. The molecule has 1 amide bonds. The predicted molar refractivity (Wildman–Crippen MR) is 105 cm³/mol. The Labute approximate surface area is 160 Å². The lowest BCUT2D eigenvalue weighted by molar-refractivity contribution is -0.132. The molecule has 0 aromatic heterocycles. The molecular formula is C20H26ClFN2O2. The number of aliphatic hydroxyl groups excluding tert-OH is 1. The first-order valence-electron chi connectivity index (χ1n) is 8.41. The summed E-state index contributed by atoms with van der Waals surface area (Å²) in [7, 11) is 0. The lowest BCUT2D eigenvalue weighted by atomic mass is 10.1. The highest BCUT2D eigenvalue weighted by molar-refractivity contribution is 5.85. The molecule has 3 N–H and O–H groups in total. The van der Waals surface area contributed by atoms with Crippen molar-refractivity contribution >= 4 is 24.0 Å². The van der Waals surface area contributed by atoms with Gasteiger partial charge in [-0.2, -0.15) is 0 Å². The zero-order chi connectivity index (χ0) is 18.4. The number of benzene rings is 2. The number of halogens is 2. The van der Waals surface area contributed by atoms with E-state index in [2.05, 4.69) is 0 Å². The average molecular weight is 381 g/mol. The van der Waals surface area contributed by atoms with E-state index in [9.17, 15) is 14.3 Å². The van der Waals surface area contributed by atoms with Crippen molar-refractivity contribution in [2.45, 2.75) is 26.4 Å². The minimum atomic E-state index is -0.852. The van der Waals surface area contributed by atoms with Crippen molar-refractivity contribution in [3.63, 3.8) is 0 Å². The van der Waals surface area contributed by atoms with E-state index in [1.807, 2.05) is 26.0 Å². The zero-order valence-corrected chi connectivity index (χ0v) is 15.9. The summed E-state index contributed by atoms with van der Waals surface area (Å²) in [5, 5.41) is 10.4. The van der Waals surface area contributed by atoms with Gasteiger partial charge in [0, 0.05) is 12.2 Å². The third-order valence-electron chi connectivity index (χ3n) is 3.92. The fourth-order valence-corrected chi connectivity index (χ4v) is 2.64. The number of carbonyl (C=O) groups excluding carboxylic acids is 1. The van der Waals surface area contributed by atoms with Crippen LogP contribution in [0.4, 0.5) is 10.1 Å². The number of nitrogen functional groups attached to an aromatic ring is 1. The van der Waals surface area contributed by atoms with E-state index in [1.165, 1.54) is 24.3 Å². The van der Waals surface area contributed by atoms with Crippen LogP contribution in [0, 0.1) is 11.7 Å². The molecule has 0 fully saturated rings. The minimum Gasteiger partial charge on any atom is -0.399 e. The van der Waals surface area contributed by atoms with Crippen LogP contribution in [0.15, 0.2) is 48.5 Å². The van der Waals surface area contributed by atoms with Crippen LogP contribution in [0.1, 0.15) is 31.1 Å². The number of aliphatic hydroxyl groups is 1. The second-order valence-corrected chi connectivity index (χ2v) is 6.68. The first-order chi connectivity index (χ1) is 11.8.